The van der Waals surface area contributed by atoms with Crippen LogP contribution in [0.4, 0.5) is 11.5 Å². The quantitative estimate of drug-likeness (QED) is 0.348. The van der Waals surface area contributed by atoms with E-state index in [9.17, 15) is 10.1 Å². The van der Waals surface area contributed by atoms with Crippen LogP contribution in [0.2, 0.25) is 5.02 Å². The zero-order chi connectivity index (χ0) is 21.3. The zero-order valence-corrected chi connectivity index (χ0v) is 16.8. The number of pyridine rings is 2. The van der Waals surface area contributed by atoms with Gasteiger partial charge in [0.2, 0.25) is 0 Å². The maximum atomic E-state index is 11.1. The number of nitro groups is 1. The third-order valence-corrected chi connectivity index (χ3v) is 4.83. The first-order chi connectivity index (χ1) is 14.5. The Morgan fingerprint density at radius 1 is 1.17 bits per heavy atom. The van der Waals surface area contributed by atoms with Gasteiger partial charge < -0.3 is 24.9 Å². The highest BCUT2D eigenvalue weighted by Gasteiger charge is 2.23. The van der Waals surface area contributed by atoms with E-state index in [1.807, 2.05) is 41.1 Å². The third kappa shape index (κ3) is 3.35. The van der Waals surface area contributed by atoms with Crippen molar-refractivity contribution in [2.75, 3.05) is 19.5 Å². The number of benzene rings is 1. The second-order valence-corrected chi connectivity index (χ2v) is 6.57. The number of rotatable bonds is 6. The van der Waals surface area contributed by atoms with Crippen LogP contribution in [0.5, 0.6) is 17.2 Å². The molecule has 152 valence electrons. The van der Waals surface area contributed by atoms with Crippen LogP contribution in [0.1, 0.15) is 0 Å². The molecule has 30 heavy (non-hydrogen) atoms. The highest BCUT2D eigenvalue weighted by atomic mass is 35.5. The first-order valence-corrected chi connectivity index (χ1v) is 9.20. The molecule has 0 bridgehead atoms. The van der Waals surface area contributed by atoms with Crippen LogP contribution < -0.4 is 14.8 Å². The molecule has 0 radical (unpaired) electrons. The Morgan fingerprint density at radius 3 is 2.60 bits per heavy atom. The minimum absolute atomic E-state index is 0.0492. The molecule has 3 aromatic heterocycles. The molecule has 4 aromatic rings. The predicted molar refractivity (Wildman–Crippen MR) is 113 cm³/mol. The van der Waals surface area contributed by atoms with Crippen LogP contribution in [0.3, 0.4) is 0 Å². The highest BCUT2D eigenvalue weighted by Crippen LogP contribution is 2.40. The molecule has 0 unspecified atom stereocenters. The lowest BCUT2D eigenvalue weighted by molar-refractivity contribution is -0.388. The smallest absolute Gasteiger partial charge is 0.388 e. The van der Waals surface area contributed by atoms with Gasteiger partial charge in [-0.15, -0.1) is 0 Å². The van der Waals surface area contributed by atoms with Crippen molar-refractivity contribution in [2.45, 2.75) is 0 Å². The molecular weight excluding hydrogens is 410 g/mol. The fourth-order valence-corrected chi connectivity index (χ4v) is 3.35. The largest absolute Gasteiger partial charge is 0.494 e. The van der Waals surface area contributed by atoms with Crippen molar-refractivity contribution < 1.29 is 14.4 Å². The van der Waals surface area contributed by atoms with Gasteiger partial charge in [-0.25, -0.2) is 4.98 Å². The molecule has 0 aliphatic rings. The highest BCUT2D eigenvalue weighted by molar-refractivity contribution is 6.35. The molecular formula is C20H16ClN5O4. The first-order valence-electron chi connectivity index (χ1n) is 8.82. The van der Waals surface area contributed by atoms with E-state index in [-0.39, 0.29) is 22.3 Å². The Labute approximate surface area is 176 Å². The zero-order valence-electron chi connectivity index (χ0n) is 16.0. The van der Waals surface area contributed by atoms with E-state index in [4.69, 9.17) is 21.1 Å². The molecule has 1 aromatic carbocycles. The number of aromatic nitrogens is 3. The lowest BCUT2D eigenvalue weighted by Crippen LogP contribution is -2.01. The summed E-state index contributed by atoms with van der Waals surface area (Å²) >= 11 is 6.29. The number of nitrogens with zero attached hydrogens (tertiary/aromatic N) is 4. The summed E-state index contributed by atoms with van der Waals surface area (Å²) in [5, 5.41) is 14.6. The molecule has 0 saturated carbocycles. The fraction of sp³-hybridized carbons (Fsp3) is 0.100. The molecule has 0 atom stereocenters. The van der Waals surface area contributed by atoms with Crippen LogP contribution in [-0.4, -0.2) is 33.6 Å². The summed E-state index contributed by atoms with van der Waals surface area (Å²) in [5.74, 6) is 0.779. The van der Waals surface area contributed by atoms with Crippen LogP contribution in [0.15, 0.2) is 55.0 Å². The van der Waals surface area contributed by atoms with E-state index in [2.05, 4.69) is 15.3 Å². The summed E-state index contributed by atoms with van der Waals surface area (Å²) in [6.07, 6.45) is 4.59. The molecule has 10 heteroatoms. The number of hydrogen-bond acceptors (Lipinski definition) is 7. The Balaban J connectivity index is 1.76. The number of ether oxygens (including phenoxy) is 2. The average Bonchev–Trinajstić information content (AvgIpc) is 3.13. The van der Waals surface area contributed by atoms with Gasteiger partial charge in [0.25, 0.3) is 0 Å². The van der Waals surface area contributed by atoms with Crippen molar-refractivity contribution in [3.8, 4) is 22.9 Å². The second kappa shape index (κ2) is 7.88. The first kappa shape index (κ1) is 19.5. The Hall–Kier alpha value is -3.85. The molecule has 0 aliphatic heterocycles. The number of halogens is 1. The van der Waals surface area contributed by atoms with Gasteiger partial charge in [-0.1, -0.05) is 29.8 Å². The van der Waals surface area contributed by atoms with E-state index in [0.29, 0.717) is 17.1 Å². The van der Waals surface area contributed by atoms with E-state index >= 15 is 0 Å². The van der Waals surface area contributed by atoms with Gasteiger partial charge in [0.05, 0.1) is 24.9 Å². The Bertz CT molecular complexity index is 1240. The fourth-order valence-electron chi connectivity index (χ4n) is 3.08. The van der Waals surface area contributed by atoms with Gasteiger partial charge in [-0.3, -0.25) is 4.57 Å². The van der Waals surface area contributed by atoms with Crippen molar-refractivity contribution in [1.29, 1.82) is 0 Å². The van der Waals surface area contributed by atoms with Crippen LogP contribution in [0.25, 0.3) is 16.7 Å². The van der Waals surface area contributed by atoms with Gasteiger partial charge >= 0.3 is 5.82 Å². The molecule has 0 saturated heterocycles. The normalized spacial score (nSPS) is 10.8. The molecule has 0 fully saturated rings. The van der Waals surface area contributed by atoms with Crippen LogP contribution in [0, 0.1) is 10.1 Å². The molecule has 0 aliphatic carbocycles. The molecule has 0 amide bonds. The Kier molecular flexibility index (Phi) is 5.11. The van der Waals surface area contributed by atoms with Crippen molar-refractivity contribution in [2.24, 2.45) is 0 Å². The summed E-state index contributed by atoms with van der Waals surface area (Å²) in [6.45, 7) is 0. The molecule has 0 spiro atoms. The predicted octanol–water partition coefficient (Wildman–Crippen LogP) is 4.82. The number of fused-ring (bicyclic) bond motifs is 1. The lowest BCUT2D eigenvalue weighted by atomic mass is 10.3. The minimum Gasteiger partial charge on any atom is -0.494 e. The number of anilines is 1. The summed E-state index contributed by atoms with van der Waals surface area (Å²) in [6, 6.07) is 11.5. The van der Waals surface area contributed by atoms with E-state index in [0.717, 1.165) is 11.1 Å². The maximum absolute atomic E-state index is 11.1. The maximum Gasteiger partial charge on any atom is 0.388 e. The summed E-state index contributed by atoms with van der Waals surface area (Å²) in [4.78, 5) is 18.8. The summed E-state index contributed by atoms with van der Waals surface area (Å²) in [5.41, 5.74) is 1.70. The number of methoxy groups -OCH3 is 1. The summed E-state index contributed by atoms with van der Waals surface area (Å²) in [7, 11) is 3.10. The lowest BCUT2D eigenvalue weighted by Gasteiger charge is -2.10. The van der Waals surface area contributed by atoms with Crippen molar-refractivity contribution >= 4 is 34.1 Å². The van der Waals surface area contributed by atoms with Crippen molar-refractivity contribution in [1.82, 2.24) is 14.5 Å². The van der Waals surface area contributed by atoms with Crippen molar-refractivity contribution in [3.05, 3.63) is 70.1 Å². The van der Waals surface area contributed by atoms with Crippen molar-refractivity contribution in [3.63, 3.8) is 0 Å². The third-order valence-electron chi connectivity index (χ3n) is 4.45. The topological polar surface area (TPSA) is 104 Å². The minimum atomic E-state index is -0.619. The van der Waals surface area contributed by atoms with Gasteiger partial charge in [0.15, 0.2) is 17.6 Å². The average molecular weight is 426 g/mol. The number of nitrogens with one attached hydrogen (secondary N) is 1. The van der Waals surface area contributed by atoms with Gasteiger partial charge in [0, 0.05) is 12.7 Å². The molecule has 1 N–H and O–H groups in total. The van der Waals surface area contributed by atoms with Gasteiger partial charge in [-0.2, -0.15) is 0 Å². The molecule has 4 rings (SSSR count). The standard InChI is InChI=1S/C20H16ClN5O4/c1-22-18-17(21)15(10-24-20(18)26(27)28)30-13-8-14-16(29-2)11-25(19(14)23-9-13)12-6-4-3-5-7-12/h3-11,22H,1-2H3. The Morgan fingerprint density at radius 2 is 1.93 bits per heavy atom. The SMILES string of the molecule is CNc1c([N+](=O)[O-])ncc(Oc2cnc3c(c2)c(OC)cn3-c2ccccc2)c1Cl. The van der Waals surface area contributed by atoms with Crippen LogP contribution in [-0.2, 0) is 0 Å². The number of para-hydroxylation sites is 1. The summed E-state index contributed by atoms with van der Waals surface area (Å²) < 4.78 is 13.2. The van der Waals surface area contributed by atoms with E-state index in [1.165, 1.54) is 19.4 Å². The van der Waals surface area contributed by atoms with E-state index < -0.39 is 4.92 Å². The number of hydrogen-bond donors (Lipinski definition) is 1. The van der Waals surface area contributed by atoms with Gasteiger partial charge in [0.1, 0.15) is 22.2 Å². The monoisotopic (exact) mass is 425 g/mol. The molecule has 3 heterocycles. The molecule has 9 nitrogen and oxygen atoms in total. The van der Waals surface area contributed by atoms with Crippen LogP contribution >= 0.6 is 11.6 Å². The van der Waals surface area contributed by atoms with Gasteiger partial charge in [-0.05, 0) is 28.1 Å². The van der Waals surface area contributed by atoms with E-state index in [1.54, 1.807) is 13.2 Å². The second-order valence-electron chi connectivity index (χ2n) is 6.19.